The van der Waals surface area contributed by atoms with Gasteiger partial charge < -0.3 is 9.84 Å². The Hall–Kier alpha value is -2.45. The number of piperazine rings is 1. The first-order valence-corrected chi connectivity index (χ1v) is 10.9. The summed E-state index contributed by atoms with van der Waals surface area (Å²) >= 11 is 12.1. The molecule has 7 nitrogen and oxygen atoms in total. The van der Waals surface area contributed by atoms with Crippen LogP contribution in [0.3, 0.4) is 0 Å². The minimum atomic E-state index is -0.276. The molecule has 0 bridgehead atoms. The first-order chi connectivity index (χ1) is 15.0. The number of hydrogen-bond acceptors (Lipinski definition) is 6. The van der Waals surface area contributed by atoms with E-state index in [1.54, 1.807) is 18.2 Å². The Labute approximate surface area is 190 Å². The summed E-state index contributed by atoms with van der Waals surface area (Å²) in [5.74, 6) is 1.10. The third-order valence-electron chi connectivity index (χ3n) is 5.38. The van der Waals surface area contributed by atoms with E-state index in [1.807, 2.05) is 37.3 Å². The molecule has 0 saturated carbocycles. The van der Waals surface area contributed by atoms with Crippen molar-refractivity contribution in [2.45, 2.75) is 19.5 Å². The van der Waals surface area contributed by atoms with Gasteiger partial charge in [0.25, 0.3) is 0 Å². The zero-order chi connectivity index (χ0) is 21.8. The summed E-state index contributed by atoms with van der Waals surface area (Å²) in [5, 5.41) is 7.92. The molecular weight excluding hydrogens is 437 g/mol. The van der Waals surface area contributed by atoms with Crippen LogP contribution in [0.25, 0.3) is 11.4 Å². The van der Waals surface area contributed by atoms with Gasteiger partial charge in [0, 0.05) is 36.8 Å². The van der Waals surface area contributed by atoms with Crippen molar-refractivity contribution in [3.05, 3.63) is 64.5 Å². The SMILES string of the molecule is CC(C(=O)Nc1ccc(Cl)cc1Cl)N1CCN(Cc2nc(-c3ccccc3)no2)CC1. The van der Waals surface area contributed by atoms with E-state index in [-0.39, 0.29) is 11.9 Å². The fraction of sp³-hybridized carbons (Fsp3) is 0.318. The van der Waals surface area contributed by atoms with Crippen LogP contribution in [0.1, 0.15) is 12.8 Å². The monoisotopic (exact) mass is 459 g/mol. The Morgan fingerprint density at radius 2 is 1.87 bits per heavy atom. The topological polar surface area (TPSA) is 74.5 Å². The van der Waals surface area contributed by atoms with Gasteiger partial charge in [-0.2, -0.15) is 4.98 Å². The lowest BCUT2D eigenvalue weighted by atomic mass is 10.2. The summed E-state index contributed by atoms with van der Waals surface area (Å²) in [6, 6.07) is 14.5. The van der Waals surface area contributed by atoms with Crippen LogP contribution in [0.5, 0.6) is 0 Å². The summed E-state index contributed by atoms with van der Waals surface area (Å²) in [5.41, 5.74) is 1.50. The first-order valence-electron chi connectivity index (χ1n) is 10.1. The van der Waals surface area contributed by atoms with Gasteiger partial charge in [-0.25, -0.2) is 0 Å². The molecule has 1 aliphatic heterocycles. The first kappa shape index (κ1) is 21.8. The highest BCUT2D eigenvalue weighted by molar-refractivity contribution is 6.36. The third-order valence-corrected chi connectivity index (χ3v) is 5.93. The van der Waals surface area contributed by atoms with Crippen molar-refractivity contribution in [2.24, 2.45) is 0 Å². The van der Waals surface area contributed by atoms with Gasteiger partial charge in [0.2, 0.25) is 17.6 Å². The van der Waals surface area contributed by atoms with Crippen LogP contribution in [0.4, 0.5) is 5.69 Å². The molecule has 4 rings (SSSR count). The third kappa shape index (κ3) is 5.43. The highest BCUT2D eigenvalue weighted by Crippen LogP contribution is 2.26. The molecule has 2 aromatic carbocycles. The van der Waals surface area contributed by atoms with Crippen LogP contribution in [0.15, 0.2) is 53.1 Å². The van der Waals surface area contributed by atoms with Crippen molar-refractivity contribution < 1.29 is 9.32 Å². The summed E-state index contributed by atoms with van der Waals surface area (Å²) in [6.45, 7) is 5.64. The van der Waals surface area contributed by atoms with E-state index in [2.05, 4.69) is 25.3 Å². The predicted octanol–water partition coefficient (Wildman–Crippen LogP) is 4.19. The average molecular weight is 460 g/mol. The van der Waals surface area contributed by atoms with E-state index in [0.717, 1.165) is 31.7 Å². The molecule has 1 fully saturated rings. The normalized spacial score (nSPS) is 16.2. The lowest BCUT2D eigenvalue weighted by molar-refractivity contribution is -0.121. The van der Waals surface area contributed by atoms with Gasteiger partial charge >= 0.3 is 0 Å². The van der Waals surface area contributed by atoms with Crippen molar-refractivity contribution in [3.8, 4) is 11.4 Å². The second kappa shape index (κ2) is 9.78. The van der Waals surface area contributed by atoms with Gasteiger partial charge in [-0.1, -0.05) is 58.7 Å². The summed E-state index contributed by atoms with van der Waals surface area (Å²) in [7, 11) is 0. The Bertz CT molecular complexity index is 1040. The van der Waals surface area contributed by atoms with E-state index in [9.17, 15) is 4.79 Å². The number of anilines is 1. The second-order valence-electron chi connectivity index (χ2n) is 7.48. The number of halogens is 2. The van der Waals surface area contributed by atoms with Crippen molar-refractivity contribution in [3.63, 3.8) is 0 Å². The molecule has 1 N–H and O–H groups in total. The number of nitrogens with one attached hydrogen (secondary N) is 1. The minimum absolute atomic E-state index is 0.0953. The van der Waals surface area contributed by atoms with Crippen molar-refractivity contribution in [1.29, 1.82) is 0 Å². The number of aromatic nitrogens is 2. The molecular formula is C22H23Cl2N5O2. The molecule has 1 aliphatic rings. The van der Waals surface area contributed by atoms with Gasteiger partial charge in [0.1, 0.15) is 0 Å². The van der Waals surface area contributed by atoms with Crippen LogP contribution in [0.2, 0.25) is 10.0 Å². The molecule has 1 atom stereocenters. The number of amides is 1. The minimum Gasteiger partial charge on any atom is -0.338 e. The van der Waals surface area contributed by atoms with Crippen molar-refractivity contribution in [1.82, 2.24) is 19.9 Å². The summed E-state index contributed by atoms with van der Waals surface area (Å²) < 4.78 is 5.42. The maximum atomic E-state index is 12.7. The fourth-order valence-corrected chi connectivity index (χ4v) is 3.97. The number of rotatable bonds is 6. The zero-order valence-electron chi connectivity index (χ0n) is 17.1. The van der Waals surface area contributed by atoms with Crippen LogP contribution in [-0.4, -0.2) is 58.1 Å². The standard InChI is InChI=1S/C22H23Cl2N5O2/c1-15(22(30)25-19-8-7-17(23)13-18(19)24)29-11-9-28(10-12-29)14-20-26-21(27-31-20)16-5-3-2-4-6-16/h2-8,13,15H,9-12,14H2,1H3,(H,25,30). The smallest absolute Gasteiger partial charge is 0.241 e. The second-order valence-corrected chi connectivity index (χ2v) is 8.32. The molecule has 1 unspecified atom stereocenters. The number of hydrogen-bond donors (Lipinski definition) is 1. The number of nitrogens with zero attached hydrogens (tertiary/aromatic N) is 4. The van der Waals surface area contributed by atoms with Gasteiger partial charge in [-0.3, -0.25) is 14.6 Å². The Morgan fingerprint density at radius 3 is 2.58 bits per heavy atom. The molecule has 0 aliphatic carbocycles. The molecule has 3 aromatic rings. The molecule has 1 amide bonds. The number of carbonyl (C=O) groups is 1. The fourth-order valence-electron chi connectivity index (χ4n) is 3.52. The molecule has 0 radical (unpaired) electrons. The van der Waals surface area contributed by atoms with Crippen molar-refractivity contribution in [2.75, 3.05) is 31.5 Å². The van der Waals surface area contributed by atoms with E-state index >= 15 is 0 Å². The van der Waals surface area contributed by atoms with E-state index < -0.39 is 0 Å². The molecule has 1 aromatic heterocycles. The van der Waals surface area contributed by atoms with Crippen LogP contribution < -0.4 is 5.32 Å². The summed E-state index contributed by atoms with van der Waals surface area (Å²) in [6.07, 6.45) is 0. The molecule has 2 heterocycles. The van der Waals surface area contributed by atoms with E-state index in [4.69, 9.17) is 27.7 Å². The largest absolute Gasteiger partial charge is 0.338 e. The number of carbonyl (C=O) groups excluding carboxylic acids is 1. The maximum absolute atomic E-state index is 12.7. The Kier molecular flexibility index (Phi) is 6.87. The quantitative estimate of drug-likeness (QED) is 0.595. The Morgan fingerprint density at radius 1 is 1.13 bits per heavy atom. The van der Waals surface area contributed by atoms with Gasteiger partial charge in [0.15, 0.2) is 0 Å². The lowest BCUT2D eigenvalue weighted by Crippen LogP contribution is -2.52. The lowest BCUT2D eigenvalue weighted by Gasteiger charge is -2.36. The van der Waals surface area contributed by atoms with Crippen LogP contribution >= 0.6 is 23.2 Å². The van der Waals surface area contributed by atoms with Crippen molar-refractivity contribution >= 4 is 34.8 Å². The summed E-state index contributed by atoms with van der Waals surface area (Å²) in [4.78, 5) is 21.6. The zero-order valence-corrected chi connectivity index (χ0v) is 18.6. The Balaban J connectivity index is 1.28. The molecule has 162 valence electrons. The molecule has 9 heteroatoms. The average Bonchev–Trinajstić information content (AvgIpc) is 3.25. The van der Waals surface area contributed by atoms with Crippen LogP contribution in [0, 0.1) is 0 Å². The molecule has 0 spiro atoms. The van der Waals surface area contributed by atoms with Gasteiger partial charge in [-0.15, -0.1) is 0 Å². The van der Waals surface area contributed by atoms with E-state index in [0.29, 0.717) is 34.0 Å². The highest BCUT2D eigenvalue weighted by Gasteiger charge is 2.26. The van der Waals surface area contributed by atoms with E-state index in [1.165, 1.54) is 0 Å². The highest BCUT2D eigenvalue weighted by atomic mass is 35.5. The molecule has 1 saturated heterocycles. The molecule has 31 heavy (non-hydrogen) atoms. The van der Waals surface area contributed by atoms with Crippen LogP contribution in [-0.2, 0) is 11.3 Å². The maximum Gasteiger partial charge on any atom is 0.241 e. The van der Waals surface area contributed by atoms with Gasteiger partial charge in [-0.05, 0) is 25.1 Å². The predicted molar refractivity (Wildman–Crippen MR) is 121 cm³/mol. The number of benzene rings is 2. The van der Waals surface area contributed by atoms with Gasteiger partial charge in [0.05, 0.1) is 23.3 Å².